The van der Waals surface area contributed by atoms with Crippen LogP contribution >= 0.6 is 50.7 Å². The Labute approximate surface area is 141 Å². The van der Waals surface area contributed by atoms with E-state index in [0.717, 1.165) is 16.6 Å². The third-order valence-corrected chi connectivity index (χ3v) is 4.55. The number of hydrogen-bond acceptors (Lipinski definition) is 2. The lowest BCUT2D eigenvalue weighted by molar-refractivity contribution is 0.632. The average molecular weight is 395 g/mol. The quantitative estimate of drug-likeness (QED) is 0.591. The highest BCUT2D eigenvalue weighted by Crippen LogP contribution is 2.32. The second kappa shape index (κ2) is 6.61. The molecular formula is C14H12BrCl3N2. The van der Waals surface area contributed by atoms with E-state index >= 15 is 0 Å². The van der Waals surface area contributed by atoms with Gasteiger partial charge in [0, 0.05) is 10.6 Å². The van der Waals surface area contributed by atoms with Crippen molar-refractivity contribution >= 4 is 50.7 Å². The molecule has 0 aliphatic carbocycles. The highest BCUT2D eigenvalue weighted by atomic mass is 79.9. The minimum atomic E-state index is 0.377. The van der Waals surface area contributed by atoms with E-state index in [-0.39, 0.29) is 0 Å². The summed E-state index contributed by atoms with van der Waals surface area (Å²) in [6.45, 7) is 4.24. The van der Waals surface area contributed by atoms with Gasteiger partial charge in [-0.05, 0) is 46.5 Å². The van der Waals surface area contributed by atoms with E-state index in [0.29, 0.717) is 32.5 Å². The maximum absolute atomic E-state index is 6.19. The van der Waals surface area contributed by atoms with Gasteiger partial charge in [0.2, 0.25) is 0 Å². The Kier molecular flexibility index (Phi) is 5.30. The number of rotatable bonds is 3. The van der Waals surface area contributed by atoms with Crippen molar-refractivity contribution in [3.8, 4) is 11.4 Å². The van der Waals surface area contributed by atoms with Gasteiger partial charge >= 0.3 is 0 Å². The SMILES string of the molecule is CC(C)Cc1nc(-c2cc(Cl)ccc2Cl)nc(Cl)c1Br. The Bertz CT molecular complexity index is 645. The largest absolute Gasteiger partial charge is 0.232 e. The molecular weight excluding hydrogens is 382 g/mol. The van der Waals surface area contributed by atoms with Gasteiger partial charge in [0.05, 0.1) is 15.2 Å². The lowest BCUT2D eigenvalue weighted by Crippen LogP contribution is -2.03. The van der Waals surface area contributed by atoms with Gasteiger partial charge < -0.3 is 0 Å². The van der Waals surface area contributed by atoms with E-state index in [9.17, 15) is 0 Å². The topological polar surface area (TPSA) is 25.8 Å². The molecule has 0 saturated carbocycles. The molecule has 1 aromatic heterocycles. The van der Waals surface area contributed by atoms with Crippen molar-refractivity contribution in [1.29, 1.82) is 0 Å². The molecule has 0 saturated heterocycles. The molecule has 2 rings (SSSR count). The summed E-state index contributed by atoms with van der Waals surface area (Å²) < 4.78 is 0.731. The molecule has 0 N–H and O–H groups in total. The van der Waals surface area contributed by atoms with Gasteiger partial charge in [-0.25, -0.2) is 9.97 Å². The van der Waals surface area contributed by atoms with Crippen LogP contribution in [0.15, 0.2) is 22.7 Å². The van der Waals surface area contributed by atoms with Crippen LogP contribution in [0.4, 0.5) is 0 Å². The Morgan fingerprint density at radius 1 is 1.15 bits per heavy atom. The van der Waals surface area contributed by atoms with Crippen LogP contribution in [-0.2, 0) is 6.42 Å². The number of benzene rings is 1. The third kappa shape index (κ3) is 3.64. The standard InChI is InChI=1S/C14H12BrCl3N2/c1-7(2)5-11-12(15)13(18)20-14(19-11)9-6-8(16)3-4-10(9)17/h3-4,6-7H,5H2,1-2H3. The summed E-state index contributed by atoms with van der Waals surface area (Å²) in [4.78, 5) is 8.84. The van der Waals surface area contributed by atoms with Crippen LogP contribution in [0.3, 0.4) is 0 Å². The Hall–Kier alpha value is -0.350. The van der Waals surface area contributed by atoms with Gasteiger partial charge in [-0.3, -0.25) is 0 Å². The predicted molar refractivity (Wildman–Crippen MR) is 88.7 cm³/mol. The lowest BCUT2D eigenvalue weighted by Gasteiger charge is -2.11. The van der Waals surface area contributed by atoms with Crippen LogP contribution in [0.2, 0.25) is 15.2 Å². The van der Waals surface area contributed by atoms with Crippen LogP contribution in [0.5, 0.6) is 0 Å². The average Bonchev–Trinajstić information content (AvgIpc) is 2.37. The predicted octanol–water partition coefficient (Wildman–Crippen LogP) is 6.06. The zero-order chi connectivity index (χ0) is 14.9. The zero-order valence-corrected chi connectivity index (χ0v) is 14.8. The fourth-order valence-electron chi connectivity index (χ4n) is 1.77. The van der Waals surface area contributed by atoms with Crippen LogP contribution in [0.1, 0.15) is 19.5 Å². The van der Waals surface area contributed by atoms with Crippen molar-refractivity contribution in [3.05, 3.63) is 43.6 Å². The lowest BCUT2D eigenvalue weighted by atomic mass is 10.1. The summed E-state index contributed by atoms with van der Waals surface area (Å²) in [5.74, 6) is 0.946. The van der Waals surface area contributed by atoms with Gasteiger partial charge in [0.25, 0.3) is 0 Å². The van der Waals surface area contributed by atoms with Crippen molar-refractivity contribution in [3.63, 3.8) is 0 Å². The highest BCUT2D eigenvalue weighted by Gasteiger charge is 2.15. The molecule has 2 nitrogen and oxygen atoms in total. The molecule has 0 aliphatic heterocycles. The van der Waals surface area contributed by atoms with Gasteiger partial charge in [-0.15, -0.1) is 0 Å². The van der Waals surface area contributed by atoms with Crippen molar-refractivity contribution < 1.29 is 0 Å². The van der Waals surface area contributed by atoms with Crippen LogP contribution in [0.25, 0.3) is 11.4 Å². The van der Waals surface area contributed by atoms with Crippen molar-refractivity contribution in [1.82, 2.24) is 9.97 Å². The van der Waals surface area contributed by atoms with Gasteiger partial charge in [-0.1, -0.05) is 48.7 Å². The molecule has 1 aromatic carbocycles. The van der Waals surface area contributed by atoms with E-state index in [1.807, 2.05) is 0 Å². The molecule has 6 heteroatoms. The molecule has 0 amide bonds. The summed E-state index contributed by atoms with van der Waals surface area (Å²) in [6.07, 6.45) is 0.800. The number of hydrogen-bond donors (Lipinski definition) is 0. The molecule has 20 heavy (non-hydrogen) atoms. The first-order valence-electron chi connectivity index (χ1n) is 6.05. The first-order valence-corrected chi connectivity index (χ1v) is 7.98. The summed E-state index contributed by atoms with van der Waals surface area (Å²) >= 11 is 21.8. The first kappa shape index (κ1) is 16.0. The Morgan fingerprint density at radius 2 is 1.85 bits per heavy atom. The van der Waals surface area contributed by atoms with Crippen molar-refractivity contribution in [2.24, 2.45) is 5.92 Å². The van der Waals surface area contributed by atoms with Crippen LogP contribution in [0, 0.1) is 5.92 Å². The van der Waals surface area contributed by atoms with Gasteiger partial charge in [0.1, 0.15) is 5.15 Å². The fraction of sp³-hybridized carbons (Fsp3) is 0.286. The maximum atomic E-state index is 6.19. The van der Waals surface area contributed by atoms with Gasteiger partial charge in [-0.2, -0.15) is 0 Å². The second-order valence-electron chi connectivity index (χ2n) is 4.82. The van der Waals surface area contributed by atoms with E-state index in [1.165, 1.54) is 0 Å². The molecule has 0 aliphatic rings. The summed E-state index contributed by atoms with van der Waals surface area (Å²) in [5.41, 5.74) is 1.55. The second-order valence-corrected chi connectivity index (χ2v) is 6.82. The number of aromatic nitrogens is 2. The van der Waals surface area contributed by atoms with E-state index in [1.54, 1.807) is 18.2 Å². The summed E-state index contributed by atoms with van der Waals surface area (Å²) in [7, 11) is 0. The zero-order valence-electron chi connectivity index (χ0n) is 10.9. The molecule has 106 valence electrons. The minimum Gasteiger partial charge on any atom is -0.232 e. The molecule has 0 spiro atoms. The maximum Gasteiger partial charge on any atom is 0.162 e. The molecule has 0 radical (unpaired) electrons. The molecule has 0 bridgehead atoms. The molecule has 1 heterocycles. The van der Waals surface area contributed by atoms with Crippen molar-refractivity contribution in [2.45, 2.75) is 20.3 Å². The monoisotopic (exact) mass is 392 g/mol. The van der Waals surface area contributed by atoms with Crippen LogP contribution in [-0.4, -0.2) is 9.97 Å². The Balaban J connectivity index is 2.57. The first-order chi connectivity index (χ1) is 9.38. The van der Waals surface area contributed by atoms with Gasteiger partial charge in [0.15, 0.2) is 5.82 Å². The smallest absolute Gasteiger partial charge is 0.162 e. The van der Waals surface area contributed by atoms with Crippen LogP contribution < -0.4 is 0 Å². The molecule has 0 atom stereocenters. The number of halogens is 4. The van der Waals surface area contributed by atoms with Crippen molar-refractivity contribution in [2.75, 3.05) is 0 Å². The highest BCUT2D eigenvalue weighted by molar-refractivity contribution is 9.10. The number of nitrogens with zero attached hydrogens (tertiary/aromatic N) is 2. The van der Waals surface area contributed by atoms with E-state index < -0.39 is 0 Å². The molecule has 2 aromatic rings. The summed E-state index contributed by atoms with van der Waals surface area (Å²) in [6, 6.07) is 5.19. The fourth-order valence-corrected chi connectivity index (χ4v) is 2.68. The normalized spacial score (nSPS) is 11.2. The third-order valence-electron chi connectivity index (χ3n) is 2.65. The molecule has 0 fully saturated rings. The molecule has 0 unspecified atom stereocenters. The minimum absolute atomic E-state index is 0.377. The van der Waals surface area contributed by atoms with E-state index in [4.69, 9.17) is 34.8 Å². The summed E-state index contributed by atoms with van der Waals surface area (Å²) in [5, 5.41) is 1.50. The van der Waals surface area contributed by atoms with E-state index in [2.05, 4.69) is 39.7 Å². The Morgan fingerprint density at radius 3 is 2.50 bits per heavy atom.